The van der Waals surface area contributed by atoms with E-state index < -0.39 is 16.6 Å². The predicted octanol–water partition coefficient (Wildman–Crippen LogP) is 4.39. The van der Waals surface area contributed by atoms with Gasteiger partial charge in [0.1, 0.15) is 12.1 Å². The highest BCUT2D eigenvalue weighted by Gasteiger charge is 2.30. The number of aromatic nitrogens is 2. The van der Waals surface area contributed by atoms with Gasteiger partial charge >= 0.3 is 17.5 Å². The molecule has 0 atom stereocenters. The second kappa shape index (κ2) is 11.1. The van der Waals surface area contributed by atoms with Gasteiger partial charge in [-0.15, -0.1) is 0 Å². The van der Waals surface area contributed by atoms with E-state index in [2.05, 4.69) is 9.97 Å². The number of ether oxygens (including phenoxy) is 3. The summed E-state index contributed by atoms with van der Waals surface area (Å²) in [7, 11) is 1.42. The van der Waals surface area contributed by atoms with Gasteiger partial charge in [0.05, 0.1) is 37.9 Å². The molecule has 0 unspecified atom stereocenters. The van der Waals surface area contributed by atoms with Crippen LogP contribution in [0.15, 0.2) is 47.3 Å². The van der Waals surface area contributed by atoms with Gasteiger partial charge in [-0.05, 0) is 31.2 Å². The number of carbonyl (C=O) groups is 1. The lowest BCUT2D eigenvalue weighted by molar-refractivity contribution is -0.385. The maximum absolute atomic E-state index is 12.0. The summed E-state index contributed by atoms with van der Waals surface area (Å²) in [6.07, 6.45) is 2.60. The number of furan rings is 1. The minimum atomic E-state index is -0.646. The molecule has 3 rings (SSSR count). The van der Waals surface area contributed by atoms with Gasteiger partial charge in [-0.25, -0.2) is 4.98 Å². The van der Waals surface area contributed by atoms with E-state index in [1.54, 1.807) is 25.1 Å². The number of benzene rings is 1. The Kier molecular flexibility index (Phi) is 8.03. The van der Waals surface area contributed by atoms with E-state index in [1.807, 2.05) is 0 Å². The van der Waals surface area contributed by atoms with Crippen molar-refractivity contribution in [1.29, 1.82) is 0 Å². The number of halogens is 1. The lowest BCUT2D eigenvalue weighted by Gasteiger charge is -2.22. The molecule has 0 fully saturated rings. The number of rotatable bonds is 11. The lowest BCUT2D eigenvalue weighted by atomic mass is 10.3. The Morgan fingerprint density at radius 3 is 2.76 bits per heavy atom. The van der Waals surface area contributed by atoms with E-state index in [9.17, 15) is 14.9 Å². The summed E-state index contributed by atoms with van der Waals surface area (Å²) in [6.45, 7) is 2.13. The molecule has 0 aliphatic heterocycles. The molecule has 0 aliphatic carbocycles. The van der Waals surface area contributed by atoms with Crippen LogP contribution in [0.2, 0.25) is 5.02 Å². The van der Waals surface area contributed by atoms with E-state index in [1.165, 1.54) is 30.4 Å². The zero-order chi connectivity index (χ0) is 23.8. The number of methoxy groups -OCH3 is 1. The average Bonchev–Trinajstić information content (AvgIpc) is 3.31. The van der Waals surface area contributed by atoms with E-state index >= 15 is 0 Å². The van der Waals surface area contributed by atoms with Crippen molar-refractivity contribution in [3.63, 3.8) is 0 Å². The van der Waals surface area contributed by atoms with Gasteiger partial charge in [-0.3, -0.25) is 14.9 Å². The van der Waals surface area contributed by atoms with Gasteiger partial charge in [0.2, 0.25) is 5.82 Å². The summed E-state index contributed by atoms with van der Waals surface area (Å²) < 4.78 is 21.3. The minimum Gasteiger partial charge on any atom is -0.493 e. The number of anilines is 1. The zero-order valence-electron chi connectivity index (χ0n) is 17.9. The molecular formula is C21H21ClN4O7. The molecule has 11 nitrogen and oxygen atoms in total. The third-order valence-electron chi connectivity index (χ3n) is 4.40. The van der Waals surface area contributed by atoms with Crippen molar-refractivity contribution in [1.82, 2.24) is 9.97 Å². The molecule has 1 aromatic carbocycles. The van der Waals surface area contributed by atoms with Crippen LogP contribution < -0.4 is 14.4 Å². The first kappa shape index (κ1) is 23.8. The SMILES string of the molecule is CCOC(=O)CCN(Cc1ccco1)c1ncnc(Oc2ccc(Cl)cc2OC)c1[N+](=O)[O-]. The molecule has 0 radical (unpaired) electrons. The van der Waals surface area contributed by atoms with E-state index in [0.717, 1.165) is 6.33 Å². The third-order valence-corrected chi connectivity index (χ3v) is 4.64. The first-order valence-corrected chi connectivity index (χ1v) is 10.2. The van der Waals surface area contributed by atoms with E-state index in [4.69, 9.17) is 30.2 Å². The second-order valence-corrected chi connectivity index (χ2v) is 7.00. The molecule has 0 saturated heterocycles. The molecule has 0 saturated carbocycles. The van der Waals surface area contributed by atoms with Crippen LogP contribution in [-0.4, -0.2) is 41.1 Å². The zero-order valence-corrected chi connectivity index (χ0v) is 18.7. The number of esters is 1. The van der Waals surface area contributed by atoms with Crippen molar-refractivity contribution in [2.45, 2.75) is 19.9 Å². The largest absolute Gasteiger partial charge is 0.493 e. The fraction of sp³-hybridized carbons (Fsp3) is 0.286. The molecule has 2 aromatic heterocycles. The van der Waals surface area contributed by atoms with Crippen molar-refractivity contribution in [2.75, 3.05) is 25.2 Å². The smallest absolute Gasteiger partial charge is 0.373 e. The Bertz CT molecular complexity index is 1110. The van der Waals surface area contributed by atoms with Crippen LogP contribution in [0, 0.1) is 10.1 Å². The van der Waals surface area contributed by atoms with Gasteiger partial charge in [-0.2, -0.15) is 4.98 Å². The van der Waals surface area contributed by atoms with Crippen molar-refractivity contribution < 1.29 is 28.3 Å². The lowest BCUT2D eigenvalue weighted by Crippen LogP contribution is -2.28. The molecule has 0 bridgehead atoms. The first-order chi connectivity index (χ1) is 15.9. The Hall–Kier alpha value is -3.86. The Morgan fingerprint density at radius 1 is 1.27 bits per heavy atom. The molecule has 0 amide bonds. The molecule has 12 heteroatoms. The summed E-state index contributed by atoms with van der Waals surface area (Å²) in [6, 6.07) is 7.96. The molecule has 3 aromatic rings. The fourth-order valence-corrected chi connectivity index (χ4v) is 3.12. The molecule has 0 aliphatic rings. The van der Waals surface area contributed by atoms with E-state index in [-0.39, 0.29) is 49.3 Å². The van der Waals surface area contributed by atoms with Gasteiger partial charge in [0.25, 0.3) is 0 Å². The third kappa shape index (κ3) is 6.10. The number of hydrogen-bond acceptors (Lipinski definition) is 10. The van der Waals surface area contributed by atoms with Crippen molar-refractivity contribution >= 4 is 29.1 Å². The highest BCUT2D eigenvalue weighted by molar-refractivity contribution is 6.30. The normalized spacial score (nSPS) is 10.5. The van der Waals surface area contributed by atoms with Crippen LogP contribution in [-0.2, 0) is 16.1 Å². The number of nitro groups is 1. The molecule has 33 heavy (non-hydrogen) atoms. The summed E-state index contributed by atoms with van der Waals surface area (Å²) >= 11 is 5.97. The summed E-state index contributed by atoms with van der Waals surface area (Å²) in [5.74, 6) is 0.185. The summed E-state index contributed by atoms with van der Waals surface area (Å²) in [5.41, 5.74) is -0.482. The van der Waals surface area contributed by atoms with Gasteiger partial charge in [0, 0.05) is 17.6 Å². The standard InChI is InChI=1S/C21H21ClN4O7/c1-3-31-18(27)8-9-25(12-15-5-4-10-32-15)20-19(26(28)29)21(24-13-23-20)33-16-7-6-14(22)11-17(16)30-2/h4-7,10-11,13H,3,8-9,12H2,1-2H3. The summed E-state index contributed by atoms with van der Waals surface area (Å²) in [4.78, 5) is 32.9. The van der Waals surface area contributed by atoms with Crippen LogP contribution in [0.3, 0.4) is 0 Å². The monoisotopic (exact) mass is 476 g/mol. The maximum Gasteiger partial charge on any atom is 0.373 e. The first-order valence-electron chi connectivity index (χ1n) is 9.86. The Labute approximate surface area is 194 Å². The van der Waals surface area contributed by atoms with Crippen LogP contribution in [0.1, 0.15) is 19.1 Å². The van der Waals surface area contributed by atoms with Crippen LogP contribution in [0.5, 0.6) is 17.4 Å². The topological polar surface area (TPSA) is 130 Å². The van der Waals surface area contributed by atoms with Gasteiger partial charge in [-0.1, -0.05) is 11.6 Å². The van der Waals surface area contributed by atoms with E-state index in [0.29, 0.717) is 10.8 Å². The highest BCUT2D eigenvalue weighted by atomic mass is 35.5. The van der Waals surface area contributed by atoms with Crippen LogP contribution in [0.4, 0.5) is 11.5 Å². The Morgan fingerprint density at radius 2 is 2.09 bits per heavy atom. The predicted molar refractivity (Wildman–Crippen MR) is 118 cm³/mol. The van der Waals surface area contributed by atoms with Crippen molar-refractivity contribution in [3.8, 4) is 17.4 Å². The quantitative estimate of drug-likeness (QED) is 0.223. The van der Waals surface area contributed by atoms with Crippen molar-refractivity contribution in [2.24, 2.45) is 0 Å². The minimum absolute atomic E-state index is 0.0170. The van der Waals surface area contributed by atoms with Crippen LogP contribution in [0.25, 0.3) is 0 Å². The van der Waals surface area contributed by atoms with Crippen molar-refractivity contribution in [3.05, 3.63) is 63.8 Å². The molecule has 0 spiro atoms. The molecular weight excluding hydrogens is 456 g/mol. The van der Waals surface area contributed by atoms with Crippen LogP contribution >= 0.6 is 11.6 Å². The number of hydrogen-bond donors (Lipinski definition) is 0. The molecule has 0 N–H and O–H groups in total. The summed E-state index contributed by atoms with van der Waals surface area (Å²) in [5, 5.41) is 12.4. The van der Waals surface area contributed by atoms with Gasteiger partial charge in [0.15, 0.2) is 11.5 Å². The Balaban J connectivity index is 1.99. The van der Waals surface area contributed by atoms with Gasteiger partial charge < -0.3 is 23.5 Å². The number of nitrogens with zero attached hydrogens (tertiary/aromatic N) is 4. The highest BCUT2D eigenvalue weighted by Crippen LogP contribution is 2.40. The molecule has 174 valence electrons. The fourth-order valence-electron chi connectivity index (χ4n) is 2.96. The maximum atomic E-state index is 12.0. The second-order valence-electron chi connectivity index (χ2n) is 6.56. The number of carbonyl (C=O) groups excluding carboxylic acids is 1. The average molecular weight is 477 g/mol. The molecule has 2 heterocycles.